The number of hydrogen-bond donors (Lipinski definition) is 1. The Bertz CT molecular complexity index is 791. The van der Waals surface area contributed by atoms with Gasteiger partial charge in [0.15, 0.2) is 0 Å². The molecule has 2 aromatic rings. The summed E-state index contributed by atoms with van der Waals surface area (Å²) in [6.07, 6.45) is 2.03. The van der Waals surface area contributed by atoms with Gasteiger partial charge in [0, 0.05) is 13.1 Å². The molecule has 6 heteroatoms. The van der Waals surface area contributed by atoms with Crippen molar-refractivity contribution in [3.05, 3.63) is 65.5 Å². The van der Waals surface area contributed by atoms with E-state index in [1.54, 1.807) is 43.2 Å². The molecule has 2 rings (SSSR count). The largest absolute Gasteiger partial charge is 0.497 e. The minimum absolute atomic E-state index is 0.164. The number of nitrogens with one attached hydrogen (secondary N) is 1. The summed E-state index contributed by atoms with van der Waals surface area (Å²) >= 11 is 0. The van der Waals surface area contributed by atoms with Crippen LogP contribution in [0.1, 0.15) is 37.8 Å². The lowest BCUT2D eigenvalue weighted by Crippen LogP contribution is -2.48. The van der Waals surface area contributed by atoms with E-state index in [-0.39, 0.29) is 30.6 Å². The number of benzene rings is 2. The van der Waals surface area contributed by atoms with E-state index in [1.165, 1.54) is 12.1 Å². The summed E-state index contributed by atoms with van der Waals surface area (Å²) in [5.74, 6) is 0.0181. The summed E-state index contributed by atoms with van der Waals surface area (Å²) in [6.45, 7) is 4.58. The van der Waals surface area contributed by atoms with Crippen molar-refractivity contribution in [2.24, 2.45) is 0 Å². The predicted octanol–water partition coefficient (Wildman–Crippen LogP) is 3.71. The number of rotatable bonds is 10. The monoisotopic (exact) mass is 400 g/mol. The third kappa shape index (κ3) is 6.89. The van der Waals surface area contributed by atoms with E-state index in [2.05, 4.69) is 12.2 Å². The Hall–Kier alpha value is -2.89. The Kier molecular flexibility index (Phi) is 8.65. The highest BCUT2D eigenvalue weighted by molar-refractivity contribution is 5.88. The summed E-state index contributed by atoms with van der Waals surface area (Å²) in [7, 11) is 1.59. The van der Waals surface area contributed by atoms with Gasteiger partial charge in [-0.15, -0.1) is 0 Å². The Morgan fingerprint density at radius 3 is 2.28 bits per heavy atom. The van der Waals surface area contributed by atoms with Crippen LogP contribution in [0, 0.1) is 5.82 Å². The number of unbranched alkanes of at least 4 members (excludes halogenated alkanes) is 1. The molecule has 5 nitrogen and oxygen atoms in total. The summed E-state index contributed by atoms with van der Waals surface area (Å²) in [5.41, 5.74) is 1.60. The molecule has 0 bridgehead atoms. The molecular formula is C23H29FN2O3. The average Bonchev–Trinajstić information content (AvgIpc) is 2.73. The third-order valence-corrected chi connectivity index (χ3v) is 4.78. The number of hydrogen-bond acceptors (Lipinski definition) is 3. The highest BCUT2D eigenvalue weighted by atomic mass is 19.1. The highest BCUT2D eigenvalue weighted by Crippen LogP contribution is 2.15. The quantitative estimate of drug-likeness (QED) is 0.619. The lowest BCUT2D eigenvalue weighted by atomic mass is 10.1. The topological polar surface area (TPSA) is 58.6 Å². The van der Waals surface area contributed by atoms with E-state index < -0.39 is 6.04 Å². The molecule has 0 aliphatic heterocycles. The molecule has 2 aromatic carbocycles. The molecule has 2 amide bonds. The Morgan fingerprint density at radius 1 is 1.07 bits per heavy atom. The van der Waals surface area contributed by atoms with Gasteiger partial charge in [0.1, 0.15) is 17.6 Å². The number of carbonyl (C=O) groups is 2. The van der Waals surface area contributed by atoms with Crippen LogP contribution in [0.3, 0.4) is 0 Å². The van der Waals surface area contributed by atoms with E-state index in [0.29, 0.717) is 12.3 Å². The first kappa shape index (κ1) is 22.4. The number of carbonyl (C=O) groups excluding carboxylic acids is 2. The van der Waals surface area contributed by atoms with Crippen LogP contribution in [0.5, 0.6) is 5.75 Å². The van der Waals surface area contributed by atoms with Crippen molar-refractivity contribution in [2.45, 2.75) is 45.7 Å². The van der Waals surface area contributed by atoms with Gasteiger partial charge >= 0.3 is 0 Å². The fourth-order valence-electron chi connectivity index (χ4n) is 2.92. The highest BCUT2D eigenvalue weighted by Gasteiger charge is 2.26. The molecule has 156 valence electrons. The number of methoxy groups -OCH3 is 1. The molecular weight excluding hydrogens is 371 g/mol. The molecule has 0 spiro atoms. The van der Waals surface area contributed by atoms with Gasteiger partial charge in [0.05, 0.1) is 13.5 Å². The Morgan fingerprint density at radius 2 is 1.69 bits per heavy atom. The molecule has 0 aliphatic rings. The Labute approximate surface area is 171 Å². The van der Waals surface area contributed by atoms with E-state index in [1.807, 2.05) is 12.1 Å². The first-order valence-corrected chi connectivity index (χ1v) is 9.89. The summed E-state index contributed by atoms with van der Waals surface area (Å²) in [4.78, 5) is 27.2. The van der Waals surface area contributed by atoms with E-state index in [0.717, 1.165) is 24.0 Å². The van der Waals surface area contributed by atoms with Crippen LogP contribution in [0.4, 0.5) is 4.39 Å². The van der Waals surface area contributed by atoms with Crippen molar-refractivity contribution in [2.75, 3.05) is 13.7 Å². The molecule has 0 heterocycles. The minimum atomic E-state index is -0.636. The standard InChI is InChI=1S/C23H29FN2O3/c1-4-5-14-25-23(28)17(2)26(16-19-6-10-20(24)11-7-19)22(27)15-18-8-12-21(29-3)13-9-18/h6-13,17H,4-5,14-16H2,1-3H3,(H,25,28). The first-order valence-electron chi connectivity index (χ1n) is 9.89. The SMILES string of the molecule is CCCCNC(=O)C(C)N(Cc1ccc(F)cc1)C(=O)Cc1ccc(OC)cc1. The maximum atomic E-state index is 13.2. The Balaban J connectivity index is 2.15. The molecule has 1 N–H and O–H groups in total. The van der Waals surface area contributed by atoms with Crippen LogP contribution in [0.2, 0.25) is 0 Å². The molecule has 1 unspecified atom stereocenters. The second-order valence-electron chi connectivity index (χ2n) is 6.99. The van der Waals surface area contributed by atoms with Gasteiger partial charge in [-0.25, -0.2) is 4.39 Å². The van der Waals surface area contributed by atoms with Gasteiger partial charge in [-0.1, -0.05) is 37.6 Å². The number of nitrogens with zero attached hydrogens (tertiary/aromatic N) is 1. The maximum absolute atomic E-state index is 13.2. The fourth-order valence-corrected chi connectivity index (χ4v) is 2.92. The molecule has 0 saturated carbocycles. The smallest absolute Gasteiger partial charge is 0.242 e. The summed E-state index contributed by atoms with van der Waals surface area (Å²) < 4.78 is 18.4. The summed E-state index contributed by atoms with van der Waals surface area (Å²) in [5, 5.41) is 2.88. The lowest BCUT2D eigenvalue weighted by Gasteiger charge is -2.29. The molecule has 0 fully saturated rings. The van der Waals surface area contributed by atoms with Crippen LogP contribution >= 0.6 is 0 Å². The van der Waals surface area contributed by atoms with Crippen LogP contribution in [0.25, 0.3) is 0 Å². The van der Waals surface area contributed by atoms with E-state index >= 15 is 0 Å². The number of amides is 2. The van der Waals surface area contributed by atoms with Crippen molar-refractivity contribution >= 4 is 11.8 Å². The number of halogens is 1. The molecule has 0 saturated heterocycles. The molecule has 1 atom stereocenters. The van der Waals surface area contributed by atoms with Crippen LogP contribution < -0.4 is 10.1 Å². The average molecular weight is 400 g/mol. The van der Waals surface area contributed by atoms with Crippen LogP contribution in [-0.2, 0) is 22.6 Å². The molecule has 0 aliphatic carbocycles. The van der Waals surface area contributed by atoms with Gasteiger partial charge in [-0.2, -0.15) is 0 Å². The van der Waals surface area contributed by atoms with Gasteiger partial charge in [0.2, 0.25) is 11.8 Å². The lowest BCUT2D eigenvalue weighted by molar-refractivity contribution is -0.140. The number of ether oxygens (including phenoxy) is 1. The molecule has 0 radical (unpaired) electrons. The van der Waals surface area contributed by atoms with Crippen molar-refractivity contribution in [1.82, 2.24) is 10.2 Å². The van der Waals surface area contributed by atoms with Gasteiger partial charge in [-0.3, -0.25) is 9.59 Å². The predicted molar refractivity (Wildman–Crippen MR) is 111 cm³/mol. The van der Waals surface area contributed by atoms with Crippen molar-refractivity contribution < 1.29 is 18.7 Å². The van der Waals surface area contributed by atoms with E-state index in [4.69, 9.17) is 4.74 Å². The molecule has 0 aromatic heterocycles. The second kappa shape index (κ2) is 11.2. The zero-order valence-corrected chi connectivity index (χ0v) is 17.3. The normalized spacial score (nSPS) is 11.6. The van der Waals surface area contributed by atoms with Gasteiger partial charge in [-0.05, 0) is 48.7 Å². The van der Waals surface area contributed by atoms with E-state index in [9.17, 15) is 14.0 Å². The molecule has 29 heavy (non-hydrogen) atoms. The zero-order valence-electron chi connectivity index (χ0n) is 17.3. The van der Waals surface area contributed by atoms with Gasteiger partial charge in [0.25, 0.3) is 0 Å². The van der Waals surface area contributed by atoms with Crippen molar-refractivity contribution in [3.63, 3.8) is 0 Å². The van der Waals surface area contributed by atoms with Crippen molar-refractivity contribution in [1.29, 1.82) is 0 Å². The summed E-state index contributed by atoms with van der Waals surface area (Å²) in [6, 6.07) is 12.6. The second-order valence-corrected chi connectivity index (χ2v) is 6.99. The minimum Gasteiger partial charge on any atom is -0.497 e. The van der Waals surface area contributed by atoms with Crippen LogP contribution in [-0.4, -0.2) is 36.4 Å². The van der Waals surface area contributed by atoms with Crippen LogP contribution in [0.15, 0.2) is 48.5 Å². The van der Waals surface area contributed by atoms with Gasteiger partial charge < -0.3 is 15.0 Å². The maximum Gasteiger partial charge on any atom is 0.242 e. The third-order valence-electron chi connectivity index (χ3n) is 4.78. The fraction of sp³-hybridized carbons (Fsp3) is 0.391. The zero-order chi connectivity index (χ0) is 21.2. The first-order chi connectivity index (χ1) is 13.9. The van der Waals surface area contributed by atoms with Crippen molar-refractivity contribution in [3.8, 4) is 5.75 Å².